The Kier molecular flexibility index (Phi) is 5.26. The number of carbonyl (C=O) groups is 2. The second-order valence-corrected chi connectivity index (χ2v) is 5.48. The standard InChI is InChI=1S/C13H16ClN3O4/c1-13(2,12(19)15-3)7-16-11(18)8-4-5-10(17(20)21)9(14)6-8/h4-6H,7H2,1-3H3,(H,15,19)(H,16,18). The summed E-state index contributed by atoms with van der Waals surface area (Å²) in [7, 11) is 1.52. The SMILES string of the molecule is CNC(=O)C(C)(C)CNC(=O)c1ccc([N+](=O)[O-])c(Cl)c1. The maximum absolute atomic E-state index is 12.0. The molecule has 1 rings (SSSR count). The number of halogens is 1. The minimum atomic E-state index is -0.769. The molecule has 8 heteroatoms. The maximum atomic E-state index is 12.0. The molecule has 0 unspecified atom stereocenters. The highest BCUT2D eigenvalue weighted by molar-refractivity contribution is 6.33. The van der Waals surface area contributed by atoms with E-state index in [1.165, 1.54) is 25.2 Å². The second-order valence-electron chi connectivity index (χ2n) is 5.07. The highest BCUT2D eigenvalue weighted by Gasteiger charge is 2.27. The lowest BCUT2D eigenvalue weighted by Crippen LogP contribution is -2.43. The molecular weight excluding hydrogens is 298 g/mol. The molecule has 0 bridgehead atoms. The monoisotopic (exact) mass is 313 g/mol. The van der Waals surface area contributed by atoms with Crippen molar-refractivity contribution in [1.29, 1.82) is 0 Å². The summed E-state index contributed by atoms with van der Waals surface area (Å²) in [4.78, 5) is 33.6. The molecule has 0 saturated heterocycles. The van der Waals surface area contributed by atoms with E-state index in [1.54, 1.807) is 13.8 Å². The van der Waals surface area contributed by atoms with E-state index >= 15 is 0 Å². The number of nitro groups is 1. The first-order chi connectivity index (χ1) is 9.69. The van der Waals surface area contributed by atoms with Crippen LogP contribution in [0.5, 0.6) is 0 Å². The average Bonchev–Trinajstić information content (AvgIpc) is 2.43. The van der Waals surface area contributed by atoms with Crippen LogP contribution in [0.2, 0.25) is 5.02 Å². The number of nitro benzene ring substituents is 1. The van der Waals surface area contributed by atoms with E-state index in [9.17, 15) is 19.7 Å². The van der Waals surface area contributed by atoms with Crippen molar-refractivity contribution in [3.8, 4) is 0 Å². The van der Waals surface area contributed by atoms with E-state index < -0.39 is 16.2 Å². The molecule has 114 valence electrons. The summed E-state index contributed by atoms with van der Waals surface area (Å²) >= 11 is 5.75. The maximum Gasteiger partial charge on any atom is 0.287 e. The number of amides is 2. The van der Waals surface area contributed by atoms with E-state index in [4.69, 9.17) is 11.6 Å². The van der Waals surface area contributed by atoms with Crippen LogP contribution in [0.3, 0.4) is 0 Å². The molecule has 1 aromatic carbocycles. The number of nitrogens with zero attached hydrogens (tertiary/aromatic N) is 1. The zero-order chi connectivity index (χ0) is 16.2. The van der Waals surface area contributed by atoms with Gasteiger partial charge in [0, 0.05) is 25.2 Å². The molecule has 0 heterocycles. The highest BCUT2D eigenvalue weighted by Crippen LogP contribution is 2.25. The van der Waals surface area contributed by atoms with Gasteiger partial charge in [0.1, 0.15) is 5.02 Å². The van der Waals surface area contributed by atoms with Gasteiger partial charge in [-0.1, -0.05) is 11.6 Å². The van der Waals surface area contributed by atoms with Crippen LogP contribution >= 0.6 is 11.6 Å². The Bertz CT molecular complexity index is 587. The second kappa shape index (κ2) is 6.53. The zero-order valence-corrected chi connectivity index (χ0v) is 12.7. The van der Waals surface area contributed by atoms with Gasteiger partial charge in [0.25, 0.3) is 11.6 Å². The van der Waals surface area contributed by atoms with Crippen LogP contribution in [0, 0.1) is 15.5 Å². The van der Waals surface area contributed by atoms with Gasteiger partial charge >= 0.3 is 0 Å². The Morgan fingerprint density at radius 1 is 1.38 bits per heavy atom. The van der Waals surface area contributed by atoms with Gasteiger partial charge in [-0.05, 0) is 26.0 Å². The third kappa shape index (κ3) is 4.16. The molecule has 0 saturated carbocycles. The first-order valence-corrected chi connectivity index (χ1v) is 6.51. The van der Waals surface area contributed by atoms with Gasteiger partial charge in [0.2, 0.25) is 5.91 Å². The Labute approximate surface area is 126 Å². The van der Waals surface area contributed by atoms with Crippen molar-refractivity contribution >= 4 is 29.1 Å². The molecule has 21 heavy (non-hydrogen) atoms. The normalized spacial score (nSPS) is 10.9. The molecule has 0 aliphatic rings. The van der Waals surface area contributed by atoms with Gasteiger partial charge in [-0.25, -0.2) is 0 Å². The van der Waals surface area contributed by atoms with Crippen LogP contribution in [0.4, 0.5) is 5.69 Å². The summed E-state index contributed by atoms with van der Waals surface area (Å²) in [5.74, 6) is -0.659. The molecule has 0 aromatic heterocycles. The van der Waals surface area contributed by atoms with Crippen LogP contribution in [0.1, 0.15) is 24.2 Å². The predicted octanol–water partition coefficient (Wildman–Crippen LogP) is 1.75. The molecule has 2 N–H and O–H groups in total. The number of nitrogens with one attached hydrogen (secondary N) is 2. The van der Waals surface area contributed by atoms with Gasteiger partial charge in [0.15, 0.2) is 0 Å². The third-order valence-electron chi connectivity index (χ3n) is 2.94. The van der Waals surface area contributed by atoms with Crippen molar-refractivity contribution in [2.75, 3.05) is 13.6 Å². The molecule has 1 aromatic rings. The summed E-state index contributed by atoms with van der Waals surface area (Å²) in [5, 5.41) is 15.6. The van der Waals surface area contributed by atoms with E-state index in [0.29, 0.717) is 0 Å². The highest BCUT2D eigenvalue weighted by atomic mass is 35.5. The van der Waals surface area contributed by atoms with Crippen LogP contribution < -0.4 is 10.6 Å². The number of carbonyl (C=O) groups excluding carboxylic acids is 2. The van der Waals surface area contributed by atoms with Crippen LogP contribution in [0.15, 0.2) is 18.2 Å². The quantitative estimate of drug-likeness (QED) is 0.638. The smallest absolute Gasteiger partial charge is 0.287 e. The van der Waals surface area contributed by atoms with E-state index in [-0.39, 0.29) is 28.7 Å². The predicted molar refractivity (Wildman–Crippen MR) is 78.3 cm³/mol. The molecule has 0 atom stereocenters. The molecular formula is C13H16ClN3O4. The number of hydrogen-bond acceptors (Lipinski definition) is 4. The fourth-order valence-electron chi connectivity index (χ4n) is 1.62. The van der Waals surface area contributed by atoms with Crippen molar-refractivity contribution in [3.63, 3.8) is 0 Å². The summed E-state index contributed by atoms with van der Waals surface area (Å²) < 4.78 is 0. The van der Waals surface area contributed by atoms with Crippen molar-refractivity contribution in [3.05, 3.63) is 38.9 Å². The molecule has 0 aliphatic carbocycles. The third-order valence-corrected chi connectivity index (χ3v) is 3.24. The molecule has 0 spiro atoms. The number of benzene rings is 1. The molecule has 2 amide bonds. The minimum Gasteiger partial charge on any atom is -0.359 e. The molecule has 0 fully saturated rings. The van der Waals surface area contributed by atoms with Gasteiger partial charge < -0.3 is 10.6 Å². The number of hydrogen-bond donors (Lipinski definition) is 2. The van der Waals surface area contributed by atoms with Crippen LogP contribution in [0.25, 0.3) is 0 Å². The largest absolute Gasteiger partial charge is 0.359 e. The lowest BCUT2D eigenvalue weighted by atomic mass is 9.92. The lowest BCUT2D eigenvalue weighted by Gasteiger charge is -2.22. The van der Waals surface area contributed by atoms with Crippen molar-refractivity contribution in [1.82, 2.24) is 10.6 Å². The van der Waals surface area contributed by atoms with Crippen LogP contribution in [-0.4, -0.2) is 30.3 Å². The topological polar surface area (TPSA) is 101 Å². The summed E-state index contributed by atoms with van der Waals surface area (Å²) in [6.07, 6.45) is 0. The van der Waals surface area contributed by atoms with Gasteiger partial charge in [0.05, 0.1) is 10.3 Å². The van der Waals surface area contributed by atoms with Gasteiger partial charge in [-0.3, -0.25) is 19.7 Å². The minimum absolute atomic E-state index is 0.113. The molecule has 7 nitrogen and oxygen atoms in total. The van der Waals surface area contributed by atoms with Gasteiger partial charge in [-0.2, -0.15) is 0 Å². The Balaban J connectivity index is 2.79. The molecule has 0 aliphatic heterocycles. The van der Waals surface area contributed by atoms with Crippen molar-refractivity contribution in [2.24, 2.45) is 5.41 Å². The Morgan fingerprint density at radius 2 is 2.00 bits per heavy atom. The fraction of sp³-hybridized carbons (Fsp3) is 0.385. The summed E-state index contributed by atoms with van der Waals surface area (Å²) in [5.41, 5.74) is -0.841. The summed E-state index contributed by atoms with van der Waals surface area (Å²) in [6.45, 7) is 3.50. The summed E-state index contributed by atoms with van der Waals surface area (Å²) in [6, 6.07) is 3.70. The van der Waals surface area contributed by atoms with E-state index in [1.807, 2.05) is 0 Å². The van der Waals surface area contributed by atoms with E-state index in [0.717, 1.165) is 0 Å². The zero-order valence-electron chi connectivity index (χ0n) is 11.9. The lowest BCUT2D eigenvalue weighted by molar-refractivity contribution is -0.384. The Hall–Kier alpha value is -2.15. The van der Waals surface area contributed by atoms with E-state index in [2.05, 4.69) is 10.6 Å². The average molecular weight is 314 g/mol. The van der Waals surface area contributed by atoms with Crippen molar-refractivity contribution < 1.29 is 14.5 Å². The Morgan fingerprint density at radius 3 is 2.48 bits per heavy atom. The number of rotatable bonds is 5. The first kappa shape index (κ1) is 16.9. The van der Waals surface area contributed by atoms with Crippen LogP contribution in [-0.2, 0) is 4.79 Å². The first-order valence-electron chi connectivity index (χ1n) is 6.13. The van der Waals surface area contributed by atoms with Crippen molar-refractivity contribution in [2.45, 2.75) is 13.8 Å². The molecule has 0 radical (unpaired) electrons. The fourth-order valence-corrected chi connectivity index (χ4v) is 1.87. The van der Waals surface area contributed by atoms with Gasteiger partial charge in [-0.15, -0.1) is 0 Å².